The summed E-state index contributed by atoms with van der Waals surface area (Å²) in [6, 6.07) is 38.5. The molecule has 2 aliphatic rings. The maximum Gasteiger partial charge on any atom is 0.349 e. The first-order valence-electron chi connectivity index (χ1n) is 17.8. The number of carbonyl (C=O) groups is 2. The molecule has 0 aliphatic carbocycles. The van der Waals surface area contributed by atoms with E-state index in [2.05, 4.69) is 0 Å². The van der Waals surface area contributed by atoms with Gasteiger partial charge < -0.3 is 19.3 Å². The minimum absolute atomic E-state index is 0.000421. The normalized spacial score (nSPS) is 13.7. The first-order valence-corrected chi connectivity index (χ1v) is 19.5. The second-order valence-electron chi connectivity index (χ2n) is 13.3. The lowest BCUT2D eigenvalue weighted by Gasteiger charge is -2.26. The molecule has 0 radical (unpaired) electrons. The van der Waals surface area contributed by atoms with Crippen molar-refractivity contribution in [1.82, 2.24) is 0 Å². The van der Waals surface area contributed by atoms with E-state index >= 15 is 17.6 Å². The summed E-state index contributed by atoms with van der Waals surface area (Å²) < 4.78 is 73.7. The molecule has 0 saturated heterocycles. The van der Waals surface area contributed by atoms with Crippen LogP contribution in [0.15, 0.2) is 157 Å². The smallest absolute Gasteiger partial charge is 0.349 e. The van der Waals surface area contributed by atoms with Gasteiger partial charge in [-0.15, -0.1) is 22.7 Å². The van der Waals surface area contributed by atoms with Crippen molar-refractivity contribution in [2.45, 2.75) is 0 Å². The average Bonchev–Trinajstić information content (AvgIpc) is 3.98. The fourth-order valence-corrected chi connectivity index (χ4v) is 9.48. The molecule has 4 heterocycles. The van der Waals surface area contributed by atoms with Crippen LogP contribution in [-0.2, 0) is 19.1 Å². The summed E-state index contributed by atoms with van der Waals surface area (Å²) in [4.78, 5) is 31.0. The Hall–Kier alpha value is -7.02. The second kappa shape index (κ2) is 13.9. The molecule has 0 amide bonds. The number of hydrogen-bond donors (Lipinski definition) is 0. The predicted molar refractivity (Wildman–Crippen MR) is 219 cm³/mol. The van der Waals surface area contributed by atoms with Gasteiger partial charge in [0.25, 0.3) is 0 Å². The Bertz CT molecular complexity index is 2800. The van der Waals surface area contributed by atoms with Crippen LogP contribution >= 0.6 is 22.7 Å². The monoisotopic (exact) mass is 808 g/mol. The number of rotatable bonds is 8. The van der Waals surface area contributed by atoms with Crippen LogP contribution in [0.1, 0.15) is 9.75 Å². The van der Waals surface area contributed by atoms with Gasteiger partial charge in [-0.3, -0.25) is 0 Å². The van der Waals surface area contributed by atoms with E-state index < -0.39 is 35.2 Å². The van der Waals surface area contributed by atoms with Crippen molar-refractivity contribution in [3.63, 3.8) is 0 Å². The van der Waals surface area contributed by atoms with Crippen molar-refractivity contribution in [2.24, 2.45) is 0 Å². The Morgan fingerprint density at radius 3 is 1.07 bits per heavy atom. The van der Waals surface area contributed by atoms with Crippen LogP contribution in [0.3, 0.4) is 0 Å². The largest absolute Gasteiger partial charge is 0.418 e. The molecule has 0 bridgehead atoms. The number of nitrogens with zero attached hydrogens (tertiary/aromatic N) is 2. The van der Waals surface area contributed by atoms with E-state index in [1.54, 1.807) is 121 Å². The third-order valence-corrected chi connectivity index (χ3v) is 12.1. The number of para-hydroxylation sites is 4. The highest BCUT2D eigenvalue weighted by Crippen LogP contribution is 2.49. The highest BCUT2D eigenvalue weighted by molar-refractivity contribution is 7.21. The van der Waals surface area contributed by atoms with E-state index in [1.165, 1.54) is 56.7 Å². The van der Waals surface area contributed by atoms with Crippen molar-refractivity contribution in [2.75, 3.05) is 9.80 Å². The number of hydrogen-bond acceptors (Lipinski definition) is 8. The third kappa shape index (κ3) is 5.84. The fourth-order valence-electron chi connectivity index (χ4n) is 7.23. The van der Waals surface area contributed by atoms with Crippen LogP contribution in [-0.4, -0.2) is 11.9 Å². The van der Waals surface area contributed by atoms with Crippen molar-refractivity contribution < 1.29 is 36.6 Å². The van der Waals surface area contributed by atoms with E-state index in [1.807, 2.05) is 0 Å². The van der Waals surface area contributed by atoms with Gasteiger partial charge in [-0.1, -0.05) is 60.7 Å². The second-order valence-corrected chi connectivity index (χ2v) is 15.5. The van der Waals surface area contributed by atoms with Gasteiger partial charge in [-0.2, -0.15) is 0 Å². The fraction of sp³-hybridized carbons (Fsp3) is 0. The highest BCUT2D eigenvalue weighted by atomic mass is 32.1. The van der Waals surface area contributed by atoms with E-state index in [4.69, 9.17) is 9.47 Å². The third-order valence-electron chi connectivity index (χ3n) is 9.85. The van der Waals surface area contributed by atoms with Crippen molar-refractivity contribution in [1.29, 1.82) is 0 Å². The summed E-state index contributed by atoms with van der Waals surface area (Å²) in [5.41, 5.74) is 1.73. The van der Waals surface area contributed by atoms with Crippen LogP contribution < -0.4 is 9.80 Å². The summed E-state index contributed by atoms with van der Waals surface area (Å²) in [5, 5.41) is 1.49. The van der Waals surface area contributed by atoms with Crippen LogP contribution in [0.25, 0.3) is 31.3 Å². The molecule has 10 rings (SSSR count). The van der Waals surface area contributed by atoms with Crippen LogP contribution in [0.4, 0.5) is 51.7 Å². The number of fused-ring (bicyclic) bond motifs is 3. The minimum atomic E-state index is -0.699. The Kier molecular flexibility index (Phi) is 8.46. The molecule has 8 aromatic rings. The Morgan fingerprint density at radius 1 is 0.414 bits per heavy atom. The van der Waals surface area contributed by atoms with Crippen molar-refractivity contribution in [3.05, 3.63) is 190 Å². The molecule has 6 nitrogen and oxygen atoms in total. The average molecular weight is 809 g/mol. The molecule has 0 fully saturated rings. The predicted octanol–water partition coefficient (Wildman–Crippen LogP) is 12.8. The molecular formula is C46H24F4N2O4S2. The number of thiophene rings is 2. The molecule has 0 atom stereocenters. The first kappa shape index (κ1) is 35.4. The summed E-state index contributed by atoms with van der Waals surface area (Å²) in [6.45, 7) is 0. The number of benzene rings is 6. The molecule has 0 spiro atoms. The SMILES string of the molecule is O=C1OC2=C(c3cc4ccc(N(c5ccccc5F)c5ccccc5F)cc4s3)C(=O)OC2=C1c1cc2ccc(N(c3ccccc3F)c3ccccc3F)cc2s1. The van der Waals surface area contributed by atoms with Crippen molar-refractivity contribution in [3.8, 4) is 0 Å². The van der Waals surface area contributed by atoms with Gasteiger partial charge in [0.1, 0.15) is 34.4 Å². The van der Waals surface area contributed by atoms with E-state index in [-0.39, 0.29) is 45.4 Å². The van der Waals surface area contributed by atoms with Crippen LogP contribution in [0, 0.1) is 23.3 Å². The lowest BCUT2D eigenvalue weighted by atomic mass is 10.1. The zero-order valence-corrected chi connectivity index (χ0v) is 31.3. The quantitative estimate of drug-likeness (QED) is 0.113. The maximum absolute atomic E-state index is 15.2. The lowest BCUT2D eigenvalue weighted by molar-refractivity contribution is -0.131. The molecule has 58 heavy (non-hydrogen) atoms. The van der Waals surface area contributed by atoms with Gasteiger partial charge >= 0.3 is 11.9 Å². The summed E-state index contributed by atoms with van der Waals surface area (Å²) in [6.07, 6.45) is 0. The number of carbonyl (C=O) groups excluding carboxylic acids is 2. The molecule has 2 aromatic heterocycles. The van der Waals surface area contributed by atoms with Gasteiger partial charge in [-0.25, -0.2) is 27.2 Å². The van der Waals surface area contributed by atoms with Gasteiger partial charge in [-0.05, 0) is 95.7 Å². The number of ether oxygens (including phenoxy) is 2. The zero-order chi connectivity index (χ0) is 39.7. The number of anilines is 6. The molecular weight excluding hydrogens is 785 g/mol. The van der Waals surface area contributed by atoms with Gasteiger partial charge in [0, 0.05) is 30.5 Å². The van der Waals surface area contributed by atoms with E-state index in [0.29, 0.717) is 30.5 Å². The molecule has 0 unspecified atom stereocenters. The van der Waals surface area contributed by atoms with Gasteiger partial charge in [0.05, 0.1) is 22.7 Å². The summed E-state index contributed by atoms with van der Waals surface area (Å²) >= 11 is 2.48. The molecule has 282 valence electrons. The topological polar surface area (TPSA) is 59.1 Å². The van der Waals surface area contributed by atoms with E-state index in [9.17, 15) is 9.59 Å². The first-order chi connectivity index (χ1) is 28.2. The summed E-state index contributed by atoms with van der Waals surface area (Å²) in [5.74, 6) is -3.56. The maximum atomic E-state index is 15.2. The standard InChI is InChI=1S/C46H24F4N2O4S2/c47-29-9-1-5-13-33(29)51(34-14-6-2-10-30(34)48)27-19-17-25-21-39(57-37(25)23-27)41-43-44(56-45(41)53)42(46(54)55-43)40-22-26-18-20-28(24-38(26)58-40)52(35-15-7-3-11-31(35)49)36-16-8-4-12-32(36)50/h1-24H. The molecule has 0 N–H and O–H groups in total. The lowest BCUT2D eigenvalue weighted by Crippen LogP contribution is -2.13. The van der Waals surface area contributed by atoms with E-state index in [0.717, 1.165) is 10.8 Å². The minimum Gasteiger partial charge on any atom is -0.418 e. The molecule has 12 heteroatoms. The van der Waals surface area contributed by atoms with Crippen LogP contribution in [0.2, 0.25) is 0 Å². The Labute approximate surface area is 335 Å². The van der Waals surface area contributed by atoms with Crippen molar-refractivity contribution >= 4 is 100 Å². The van der Waals surface area contributed by atoms with Gasteiger partial charge in [0.2, 0.25) is 0 Å². The molecule has 0 saturated carbocycles. The number of esters is 2. The molecule has 6 aromatic carbocycles. The van der Waals surface area contributed by atoms with Crippen LogP contribution in [0.5, 0.6) is 0 Å². The summed E-state index contributed by atoms with van der Waals surface area (Å²) in [7, 11) is 0. The highest BCUT2D eigenvalue weighted by Gasteiger charge is 2.45. The molecule has 2 aliphatic heterocycles. The Morgan fingerprint density at radius 2 is 0.741 bits per heavy atom. The number of halogens is 4. The zero-order valence-electron chi connectivity index (χ0n) is 29.7. The Balaban J connectivity index is 1.03. The van der Waals surface area contributed by atoms with Gasteiger partial charge in [0.15, 0.2) is 11.5 Å².